The van der Waals surface area contributed by atoms with Gasteiger partial charge in [0.2, 0.25) is 0 Å². The van der Waals surface area contributed by atoms with Gasteiger partial charge in [0.1, 0.15) is 12.3 Å². The second kappa shape index (κ2) is 4.77. The van der Waals surface area contributed by atoms with Crippen LogP contribution in [0.1, 0.15) is 46.5 Å². The second-order valence-corrected chi connectivity index (χ2v) is 5.52. The zero-order valence-corrected chi connectivity index (χ0v) is 9.97. The fourth-order valence-corrected chi connectivity index (χ4v) is 2.67. The minimum absolute atomic E-state index is 0.0313. The SMILES string of the molecule is CCCC(C)(C)C1CC(F)C(N)C(F)C1. The molecule has 1 aliphatic carbocycles. The monoisotopic (exact) mass is 219 g/mol. The van der Waals surface area contributed by atoms with E-state index in [1.54, 1.807) is 0 Å². The van der Waals surface area contributed by atoms with E-state index in [-0.39, 0.29) is 11.3 Å². The van der Waals surface area contributed by atoms with E-state index in [0.717, 1.165) is 12.8 Å². The Bertz CT molecular complexity index is 194. The van der Waals surface area contributed by atoms with Gasteiger partial charge in [-0.15, -0.1) is 0 Å². The molecule has 1 saturated carbocycles. The summed E-state index contributed by atoms with van der Waals surface area (Å²) in [5.74, 6) is 0.127. The Labute approximate surface area is 91.4 Å². The third-order valence-electron chi connectivity index (χ3n) is 3.85. The standard InChI is InChI=1S/C12H23F2N/c1-4-5-12(2,3)8-6-9(13)11(15)10(14)7-8/h8-11H,4-7,15H2,1-3H3. The van der Waals surface area contributed by atoms with Crippen LogP contribution in [0.4, 0.5) is 8.78 Å². The number of nitrogens with two attached hydrogens (primary N) is 1. The second-order valence-electron chi connectivity index (χ2n) is 5.52. The van der Waals surface area contributed by atoms with Crippen molar-refractivity contribution >= 4 is 0 Å². The van der Waals surface area contributed by atoms with Crippen molar-refractivity contribution in [2.45, 2.75) is 64.8 Å². The summed E-state index contributed by atoms with van der Waals surface area (Å²) in [5, 5.41) is 0. The molecule has 3 heteroatoms. The van der Waals surface area contributed by atoms with Gasteiger partial charge in [0, 0.05) is 0 Å². The van der Waals surface area contributed by atoms with Crippen LogP contribution in [0, 0.1) is 11.3 Å². The van der Waals surface area contributed by atoms with Gasteiger partial charge in [-0.3, -0.25) is 0 Å². The Morgan fingerprint density at radius 1 is 1.20 bits per heavy atom. The topological polar surface area (TPSA) is 26.0 Å². The van der Waals surface area contributed by atoms with Gasteiger partial charge in [-0.25, -0.2) is 8.78 Å². The van der Waals surface area contributed by atoms with E-state index in [9.17, 15) is 8.78 Å². The van der Waals surface area contributed by atoms with Crippen molar-refractivity contribution < 1.29 is 8.78 Å². The van der Waals surface area contributed by atoms with Crippen molar-refractivity contribution in [3.63, 3.8) is 0 Å². The summed E-state index contributed by atoms with van der Waals surface area (Å²) in [7, 11) is 0. The fourth-order valence-electron chi connectivity index (χ4n) is 2.67. The lowest BCUT2D eigenvalue weighted by Gasteiger charge is -2.41. The van der Waals surface area contributed by atoms with Crippen LogP contribution in [0.15, 0.2) is 0 Å². The van der Waals surface area contributed by atoms with E-state index < -0.39 is 18.4 Å². The van der Waals surface area contributed by atoms with Crippen molar-refractivity contribution in [3.05, 3.63) is 0 Å². The van der Waals surface area contributed by atoms with Crippen molar-refractivity contribution in [1.29, 1.82) is 0 Å². The molecule has 2 unspecified atom stereocenters. The molecule has 90 valence electrons. The Kier molecular flexibility index (Phi) is 4.10. The molecule has 15 heavy (non-hydrogen) atoms. The van der Waals surface area contributed by atoms with E-state index in [0.29, 0.717) is 12.8 Å². The third kappa shape index (κ3) is 2.90. The molecule has 2 atom stereocenters. The molecule has 1 aliphatic rings. The van der Waals surface area contributed by atoms with Crippen molar-refractivity contribution in [2.24, 2.45) is 17.1 Å². The zero-order valence-electron chi connectivity index (χ0n) is 9.97. The molecule has 0 bridgehead atoms. The lowest BCUT2D eigenvalue weighted by atomic mass is 9.67. The van der Waals surface area contributed by atoms with Crippen LogP contribution in [-0.4, -0.2) is 18.4 Å². The predicted octanol–water partition coefficient (Wildman–Crippen LogP) is 3.23. The summed E-state index contributed by atoms with van der Waals surface area (Å²) in [6.07, 6.45) is 0.587. The average Bonchev–Trinajstić information content (AvgIpc) is 2.13. The quantitative estimate of drug-likeness (QED) is 0.775. The molecule has 0 aliphatic heterocycles. The smallest absolute Gasteiger partial charge is 0.118 e. The van der Waals surface area contributed by atoms with Gasteiger partial charge in [0.15, 0.2) is 0 Å². The van der Waals surface area contributed by atoms with E-state index in [4.69, 9.17) is 5.73 Å². The first kappa shape index (κ1) is 12.9. The molecule has 0 saturated heterocycles. The highest BCUT2D eigenvalue weighted by Gasteiger charge is 2.41. The molecule has 0 aromatic carbocycles. The van der Waals surface area contributed by atoms with Gasteiger partial charge in [-0.1, -0.05) is 27.2 Å². The summed E-state index contributed by atoms with van der Waals surface area (Å²) in [5.41, 5.74) is 5.48. The van der Waals surface area contributed by atoms with Crippen LogP contribution in [0.2, 0.25) is 0 Å². The maximum Gasteiger partial charge on any atom is 0.118 e. The lowest BCUT2D eigenvalue weighted by Crippen LogP contribution is -2.49. The highest BCUT2D eigenvalue weighted by atomic mass is 19.1. The molecule has 0 aromatic rings. The first-order chi connectivity index (χ1) is 6.88. The minimum atomic E-state index is -1.17. The van der Waals surface area contributed by atoms with Crippen LogP contribution in [-0.2, 0) is 0 Å². The molecule has 0 aromatic heterocycles. The highest BCUT2D eigenvalue weighted by molar-refractivity contribution is 4.94. The Morgan fingerprint density at radius 2 is 1.67 bits per heavy atom. The van der Waals surface area contributed by atoms with E-state index in [1.165, 1.54) is 0 Å². The van der Waals surface area contributed by atoms with Crippen molar-refractivity contribution in [3.8, 4) is 0 Å². The summed E-state index contributed by atoms with van der Waals surface area (Å²) < 4.78 is 27.0. The minimum Gasteiger partial charge on any atom is -0.323 e. The van der Waals surface area contributed by atoms with E-state index >= 15 is 0 Å². The van der Waals surface area contributed by atoms with Crippen LogP contribution < -0.4 is 5.73 Å². The average molecular weight is 219 g/mol. The first-order valence-corrected chi connectivity index (χ1v) is 5.92. The maximum absolute atomic E-state index is 13.5. The van der Waals surface area contributed by atoms with E-state index in [2.05, 4.69) is 20.8 Å². The van der Waals surface area contributed by atoms with Gasteiger partial charge < -0.3 is 5.73 Å². The number of hydrogen-bond donors (Lipinski definition) is 1. The Balaban J connectivity index is 2.64. The molecule has 0 heterocycles. The number of hydrogen-bond acceptors (Lipinski definition) is 1. The van der Waals surface area contributed by atoms with Crippen LogP contribution >= 0.6 is 0 Å². The lowest BCUT2D eigenvalue weighted by molar-refractivity contribution is 0.0311. The van der Waals surface area contributed by atoms with Crippen LogP contribution in [0.25, 0.3) is 0 Å². The van der Waals surface area contributed by atoms with E-state index in [1.807, 2.05) is 0 Å². The zero-order chi connectivity index (χ0) is 11.6. The summed E-state index contributed by atoms with van der Waals surface area (Å²) in [6, 6.07) is -0.904. The fraction of sp³-hybridized carbons (Fsp3) is 1.00. The van der Waals surface area contributed by atoms with Crippen LogP contribution in [0.3, 0.4) is 0 Å². The third-order valence-corrected chi connectivity index (χ3v) is 3.85. The Morgan fingerprint density at radius 3 is 2.07 bits per heavy atom. The predicted molar refractivity (Wildman–Crippen MR) is 59.2 cm³/mol. The normalized spacial score (nSPS) is 38.0. The summed E-state index contributed by atoms with van der Waals surface area (Å²) in [6.45, 7) is 6.32. The molecule has 1 nitrogen and oxygen atoms in total. The molecular formula is C12H23F2N. The van der Waals surface area contributed by atoms with Gasteiger partial charge in [0.05, 0.1) is 6.04 Å². The highest BCUT2D eigenvalue weighted by Crippen LogP contribution is 2.42. The number of rotatable bonds is 3. The number of alkyl halides is 2. The summed E-state index contributed by atoms with van der Waals surface area (Å²) in [4.78, 5) is 0. The van der Waals surface area contributed by atoms with Crippen molar-refractivity contribution in [2.75, 3.05) is 0 Å². The molecule has 2 N–H and O–H groups in total. The largest absolute Gasteiger partial charge is 0.323 e. The van der Waals surface area contributed by atoms with Crippen LogP contribution in [0.5, 0.6) is 0 Å². The van der Waals surface area contributed by atoms with Gasteiger partial charge in [0.25, 0.3) is 0 Å². The maximum atomic E-state index is 13.5. The Hall–Kier alpha value is -0.180. The summed E-state index contributed by atoms with van der Waals surface area (Å²) >= 11 is 0. The number of halogens is 2. The van der Waals surface area contributed by atoms with Crippen molar-refractivity contribution in [1.82, 2.24) is 0 Å². The molecule has 0 radical (unpaired) electrons. The van der Waals surface area contributed by atoms with Gasteiger partial charge in [-0.05, 0) is 30.6 Å². The molecule has 1 rings (SSSR count). The molecule has 1 fully saturated rings. The molecule has 0 spiro atoms. The van der Waals surface area contributed by atoms with Gasteiger partial charge >= 0.3 is 0 Å². The van der Waals surface area contributed by atoms with Gasteiger partial charge in [-0.2, -0.15) is 0 Å². The molecular weight excluding hydrogens is 196 g/mol. The molecule has 0 amide bonds. The first-order valence-electron chi connectivity index (χ1n) is 5.92.